The van der Waals surface area contributed by atoms with Gasteiger partial charge in [0, 0.05) is 42.3 Å². The number of carbonyl (C=O) groups excluding carboxylic acids is 2. The Hall–Kier alpha value is -2.48. The first-order valence-corrected chi connectivity index (χ1v) is 9.83. The molecule has 8 heteroatoms. The first-order valence-electron chi connectivity index (χ1n) is 9.04. The SMILES string of the molecule is O=C(Nc1cc(N2CCCC2)ncn1)C1CC(=O)N(c2cccc(Br)c2)C1. The number of aromatic nitrogens is 2. The number of hydrogen-bond donors (Lipinski definition) is 1. The molecule has 2 fully saturated rings. The molecular formula is C19H20BrN5O2. The Labute approximate surface area is 165 Å². The number of nitrogens with zero attached hydrogens (tertiary/aromatic N) is 4. The number of benzene rings is 1. The Kier molecular flexibility index (Phi) is 5.07. The summed E-state index contributed by atoms with van der Waals surface area (Å²) in [5.74, 6) is 0.670. The van der Waals surface area contributed by atoms with Gasteiger partial charge in [-0.05, 0) is 31.0 Å². The summed E-state index contributed by atoms with van der Waals surface area (Å²) in [6.07, 6.45) is 3.97. The van der Waals surface area contributed by atoms with Gasteiger partial charge >= 0.3 is 0 Å². The van der Waals surface area contributed by atoms with Gasteiger partial charge in [-0.15, -0.1) is 0 Å². The first kappa shape index (κ1) is 17.9. The zero-order valence-electron chi connectivity index (χ0n) is 14.8. The number of anilines is 3. The lowest BCUT2D eigenvalue weighted by Crippen LogP contribution is -2.28. The molecule has 2 saturated heterocycles. The van der Waals surface area contributed by atoms with Crippen LogP contribution < -0.4 is 15.1 Å². The van der Waals surface area contributed by atoms with E-state index in [9.17, 15) is 9.59 Å². The molecule has 7 nitrogen and oxygen atoms in total. The molecule has 4 rings (SSSR count). The van der Waals surface area contributed by atoms with Crippen LogP contribution >= 0.6 is 15.9 Å². The van der Waals surface area contributed by atoms with E-state index < -0.39 is 5.92 Å². The maximum absolute atomic E-state index is 12.7. The van der Waals surface area contributed by atoms with Gasteiger partial charge in [-0.2, -0.15) is 0 Å². The van der Waals surface area contributed by atoms with Crippen LogP contribution in [0.4, 0.5) is 17.3 Å². The molecule has 3 heterocycles. The molecule has 1 aromatic heterocycles. The van der Waals surface area contributed by atoms with Gasteiger partial charge in [0.1, 0.15) is 18.0 Å². The summed E-state index contributed by atoms with van der Waals surface area (Å²) in [5, 5.41) is 2.85. The van der Waals surface area contributed by atoms with E-state index in [0.29, 0.717) is 12.4 Å². The van der Waals surface area contributed by atoms with Crippen LogP contribution in [-0.2, 0) is 9.59 Å². The lowest BCUT2D eigenvalue weighted by molar-refractivity contribution is -0.122. The minimum absolute atomic E-state index is 0.0475. The van der Waals surface area contributed by atoms with E-state index in [-0.39, 0.29) is 18.2 Å². The predicted octanol–water partition coefficient (Wildman–Crippen LogP) is 2.83. The van der Waals surface area contributed by atoms with Crippen LogP contribution in [-0.4, -0.2) is 41.4 Å². The Morgan fingerprint density at radius 2 is 2.00 bits per heavy atom. The van der Waals surface area contributed by atoms with Crippen LogP contribution in [0.15, 0.2) is 41.1 Å². The number of halogens is 1. The molecule has 140 valence electrons. The molecule has 1 N–H and O–H groups in total. The summed E-state index contributed by atoms with van der Waals surface area (Å²) < 4.78 is 0.899. The second-order valence-electron chi connectivity index (χ2n) is 6.83. The number of amides is 2. The van der Waals surface area contributed by atoms with Crippen LogP contribution in [0.5, 0.6) is 0 Å². The normalized spacial score (nSPS) is 19.6. The van der Waals surface area contributed by atoms with Crippen molar-refractivity contribution in [2.24, 2.45) is 5.92 Å². The zero-order chi connectivity index (χ0) is 18.8. The highest BCUT2D eigenvalue weighted by atomic mass is 79.9. The van der Waals surface area contributed by atoms with Crippen LogP contribution in [0.1, 0.15) is 19.3 Å². The van der Waals surface area contributed by atoms with Gasteiger partial charge in [-0.1, -0.05) is 22.0 Å². The lowest BCUT2D eigenvalue weighted by Gasteiger charge is -2.18. The maximum atomic E-state index is 12.7. The van der Waals surface area contributed by atoms with Crippen molar-refractivity contribution in [3.05, 3.63) is 41.1 Å². The number of rotatable bonds is 4. The zero-order valence-corrected chi connectivity index (χ0v) is 16.4. The topological polar surface area (TPSA) is 78.4 Å². The molecule has 0 bridgehead atoms. The van der Waals surface area contributed by atoms with Crippen LogP contribution in [0.2, 0.25) is 0 Å². The Balaban J connectivity index is 1.43. The average molecular weight is 430 g/mol. The molecule has 1 atom stereocenters. The molecule has 0 saturated carbocycles. The second kappa shape index (κ2) is 7.64. The smallest absolute Gasteiger partial charge is 0.230 e. The van der Waals surface area contributed by atoms with Gasteiger partial charge in [0.2, 0.25) is 11.8 Å². The van der Waals surface area contributed by atoms with Crippen LogP contribution in [0.25, 0.3) is 0 Å². The van der Waals surface area contributed by atoms with E-state index in [2.05, 4.69) is 36.1 Å². The highest BCUT2D eigenvalue weighted by Gasteiger charge is 2.35. The molecule has 0 spiro atoms. The third-order valence-corrected chi connectivity index (χ3v) is 5.44. The standard InChI is InChI=1S/C19H20BrN5O2/c20-14-4-3-5-15(9-14)25-11-13(8-18(25)26)19(27)23-16-10-17(22-12-21-16)24-6-1-2-7-24/h3-5,9-10,12-13H,1-2,6-8,11H2,(H,21,22,23,27). The van der Waals surface area contributed by atoms with E-state index in [4.69, 9.17) is 0 Å². The van der Waals surface area contributed by atoms with Gasteiger partial charge < -0.3 is 15.1 Å². The van der Waals surface area contributed by atoms with Gasteiger partial charge in [0.05, 0.1) is 5.92 Å². The van der Waals surface area contributed by atoms with Crippen molar-refractivity contribution in [3.63, 3.8) is 0 Å². The quantitative estimate of drug-likeness (QED) is 0.807. The van der Waals surface area contributed by atoms with Crippen LogP contribution in [0, 0.1) is 5.92 Å². The molecule has 0 aliphatic carbocycles. The van der Waals surface area contributed by atoms with Crippen molar-refractivity contribution in [2.45, 2.75) is 19.3 Å². The highest BCUT2D eigenvalue weighted by molar-refractivity contribution is 9.10. The van der Waals surface area contributed by atoms with Gasteiger partial charge in [0.25, 0.3) is 0 Å². The summed E-state index contributed by atoms with van der Waals surface area (Å²) >= 11 is 3.42. The van der Waals surface area contributed by atoms with E-state index in [1.807, 2.05) is 24.3 Å². The highest BCUT2D eigenvalue weighted by Crippen LogP contribution is 2.28. The van der Waals surface area contributed by atoms with Crippen LogP contribution in [0.3, 0.4) is 0 Å². The lowest BCUT2D eigenvalue weighted by atomic mass is 10.1. The second-order valence-corrected chi connectivity index (χ2v) is 7.75. The molecule has 27 heavy (non-hydrogen) atoms. The molecule has 0 radical (unpaired) electrons. The molecule has 2 aliphatic rings. The summed E-state index contributed by atoms with van der Waals surface area (Å²) in [6, 6.07) is 9.33. The van der Waals surface area contributed by atoms with E-state index in [1.54, 1.807) is 11.0 Å². The number of nitrogens with one attached hydrogen (secondary N) is 1. The van der Waals surface area contributed by atoms with Crippen molar-refractivity contribution in [1.82, 2.24) is 9.97 Å². The fourth-order valence-electron chi connectivity index (χ4n) is 3.54. The maximum Gasteiger partial charge on any atom is 0.230 e. The molecule has 1 aromatic carbocycles. The molecule has 2 amide bonds. The molecule has 2 aromatic rings. The van der Waals surface area contributed by atoms with E-state index >= 15 is 0 Å². The third-order valence-electron chi connectivity index (χ3n) is 4.95. The Morgan fingerprint density at radius 1 is 1.19 bits per heavy atom. The Morgan fingerprint density at radius 3 is 2.78 bits per heavy atom. The van der Waals surface area contributed by atoms with Crippen molar-refractivity contribution >= 4 is 45.1 Å². The summed E-state index contributed by atoms with van der Waals surface area (Å²) in [6.45, 7) is 2.32. The van der Waals surface area contributed by atoms with Gasteiger partial charge in [-0.25, -0.2) is 9.97 Å². The first-order chi connectivity index (χ1) is 13.1. The molecular weight excluding hydrogens is 410 g/mol. The fraction of sp³-hybridized carbons (Fsp3) is 0.368. The predicted molar refractivity (Wildman–Crippen MR) is 107 cm³/mol. The summed E-state index contributed by atoms with van der Waals surface area (Å²) in [7, 11) is 0. The van der Waals surface area contributed by atoms with Crippen molar-refractivity contribution in [1.29, 1.82) is 0 Å². The largest absolute Gasteiger partial charge is 0.356 e. The fourth-order valence-corrected chi connectivity index (χ4v) is 3.93. The van der Waals surface area contributed by atoms with Gasteiger partial charge in [-0.3, -0.25) is 9.59 Å². The summed E-state index contributed by atoms with van der Waals surface area (Å²) in [5.41, 5.74) is 0.794. The minimum Gasteiger partial charge on any atom is -0.356 e. The monoisotopic (exact) mass is 429 g/mol. The molecule has 2 aliphatic heterocycles. The van der Waals surface area contributed by atoms with Crippen molar-refractivity contribution in [2.75, 3.05) is 34.8 Å². The number of carbonyl (C=O) groups is 2. The van der Waals surface area contributed by atoms with E-state index in [0.717, 1.165) is 41.9 Å². The van der Waals surface area contributed by atoms with Crippen molar-refractivity contribution in [3.8, 4) is 0 Å². The van der Waals surface area contributed by atoms with E-state index in [1.165, 1.54) is 6.33 Å². The number of hydrogen-bond acceptors (Lipinski definition) is 5. The van der Waals surface area contributed by atoms with Gasteiger partial charge in [0.15, 0.2) is 0 Å². The average Bonchev–Trinajstić information content (AvgIpc) is 3.32. The summed E-state index contributed by atoms with van der Waals surface area (Å²) in [4.78, 5) is 37.3. The Bertz CT molecular complexity index is 869. The molecule has 1 unspecified atom stereocenters. The minimum atomic E-state index is -0.401. The third kappa shape index (κ3) is 3.95. The van der Waals surface area contributed by atoms with Crippen molar-refractivity contribution < 1.29 is 9.59 Å².